The third kappa shape index (κ3) is 2.20. The first kappa shape index (κ1) is 12.1. The lowest BCUT2D eigenvalue weighted by Gasteiger charge is -2.24. The Hall–Kier alpha value is -1.36. The second-order valence-electron chi connectivity index (χ2n) is 4.93. The molecule has 0 aliphatic carbocycles. The normalized spacial score (nSPS) is 27.2. The fraction of sp³-hybridized carbons (Fsp3) is 0.667. The van der Waals surface area contributed by atoms with Gasteiger partial charge in [-0.15, -0.1) is 0 Å². The van der Waals surface area contributed by atoms with Crippen molar-refractivity contribution in [1.82, 2.24) is 14.7 Å². The smallest absolute Gasteiger partial charge is 0.308 e. The highest BCUT2D eigenvalue weighted by molar-refractivity contribution is 5.71. The highest BCUT2D eigenvalue weighted by atomic mass is 16.4. The van der Waals surface area contributed by atoms with Crippen molar-refractivity contribution in [2.45, 2.75) is 19.9 Å². The Morgan fingerprint density at radius 2 is 2.29 bits per heavy atom. The number of rotatable bonds is 3. The molecule has 94 valence electrons. The van der Waals surface area contributed by atoms with Crippen LogP contribution < -0.4 is 0 Å². The van der Waals surface area contributed by atoms with E-state index in [4.69, 9.17) is 5.11 Å². The fourth-order valence-corrected chi connectivity index (χ4v) is 2.62. The van der Waals surface area contributed by atoms with Gasteiger partial charge in [0.05, 0.1) is 11.6 Å². The van der Waals surface area contributed by atoms with E-state index in [1.54, 1.807) is 6.20 Å². The van der Waals surface area contributed by atoms with E-state index in [1.807, 2.05) is 24.7 Å². The summed E-state index contributed by atoms with van der Waals surface area (Å²) in [5.74, 6) is -0.717. The standard InChI is InChI=1S/C12H19N3O2/c1-8-6-15(7-10(8)12(16)17)9(2)11-4-5-13-14(11)3/h4-5,8-10H,6-7H2,1-3H3,(H,16,17)/t8-,9?,10-/m1/s1. The van der Waals surface area contributed by atoms with Crippen molar-refractivity contribution < 1.29 is 9.90 Å². The van der Waals surface area contributed by atoms with Crippen LogP contribution in [0.5, 0.6) is 0 Å². The molecule has 0 radical (unpaired) electrons. The van der Waals surface area contributed by atoms with Crippen molar-refractivity contribution in [3.63, 3.8) is 0 Å². The number of likely N-dealkylation sites (tertiary alicyclic amines) is 1. The summed E-state index contributed by atoms with van der Waals surface area (Å²) >= 11 is 0. The Morgan fingerprint density at radius 1 is 1.59 bits per heavy atom. The Bertz CT molecular complexity index is 416. The number of aliphatic carboxylic acids is 1. The van der Waals surface area contributed by atoms with Gasteiger partial charge < -0.3 is 5.11 Å². The van der Waals surface area contributed by atoms with E-state index in [0.717, 1.165) is 12.2 Å². The van der Waals surface area contributed by atoms with Crippen LogP contribution in [0.1, 0.15) is 25.6 Å². The number of aryl methyl sites for hydroxylation is 1. The SMILES string of the molecule is CC(c1ccnn1C)N1C[C@@H](C)[C@H](C(=O)O)C1. The number of hydrogen-bond acceptors (Lipinski definition) is 3. The first-order valence-corrected chi connectivity index (χ1v) is 5.95. The van der Waals surface area contributed by atoms with Crippen LogP contribution in [0.2, 0.25) is 0 Å². The van der Waals surface area contributed by atoms with E-state index in [9.17, 15) is 4.79 Å². The molecule has 1 fully saturated rings. The number of carboxylic acids is 1. The van der Waals surface area contributed by atoms with Gasteiger partial charge in [0.2, 0.25) is 0 Å². The summed E-state index contributed by atoms with van der Waals surface area (Å²) in [6.07, 6.45) is 1.78. The van der Waals surface area contributed by atoms with Crippen LogP contribution in [0.4, 0.5) is 0 Å². The molecule has 1 aliphatic heterocycles. The van der Waals surface area contributed by atoms with Crippen molar-refractivity contribution in [3.8, 4) is 0 Å². The average Bonchev–Trinajstić information content (AvgIpc) is 2.83. The molecule has 0 saturated carbocycles. The highest BCUT2D eigenvalue weighted by Crippen LogP contribution is 2.30. The van der Waals surface area contributed by atoms with Crippen LogP contribution in [0.15, 0.2) is 12.3 Å². The molecule has 0 aromatic carbocycles. The predicted molar refractivity (Wildman–Crippen MR) is 63.5 cm³/mol. The maximum Gasteiger partial charge on any atom is 0.308 e. The Balaban J connectivity index is 2.10. The summed E-state index contributed by atoms with van der Waals surface area (Å²) in [5, 5.41) is 13.3. The Morgan fingerprint density at radius 3 is 2.76 bits per heavy atom. The zero-order valence-electron chi connectivity index (χ0n) is 10.5. The molecule has 5 nitrogen and oxygen atoms in total. The molecule has 1 aromatic rings. The molecule has 0 bridgehead atoms. The van der Waals surface area contributed by atoms with E-state index in [-0.39, 0.29) is 17.9 Å². The molecule has 1 unspecified atom stereocenters. The van der Waals surface area contributed by atoms with E-state index in [1.165, 1.54) is 0 Å². The number of aromatic nitrogens is 2. The third-order valence-electron chi connectivity index (χ3n) is 3.79. The van der Waals surface area contributed by atoms with Crippen LogP contribution in [-0.2, 0) is 11.8 Å². The van der Waals surface area contributed by atoms with Crippen molar-refractivity contribution in [2.75, 3.05) is 13.1 Å². The first-order valence-electron chi connectivity index (χ1n) is 5.95. The minimum absolute atomic E-state index is 0.211. The van der Waals surface area contributed by atoms with Crippen molar-refractivity contribution in [3.05, 3.63) is 18.0 Å². The number of hydrogen-bond donors (Lipinski definition) is 1. The molecule has 1 aliphatic rings. The lowest BCUT2D eigenvalue weighted by Crippen LogP contribution is -2.27. The van der Waals surface area contributed by atoms with Gasteiger partial charge in [-0.2, -0.15) is 5.10 Å². The average molecular weight is 237 g/mol. The Kier molecular flexibility index (Phi) is 3.19. The van der Waals surface area contributed by atoms with Crippen molar-refractivity contribution >= 4 is 5.97 Å². The van der Waals surface area contributed by atoms with Gasteiger partial charge >= 0.3 is 5.97 Å². The highest BCUT2D eigenvalue weighted by Gasteiger charge is 2.37. The maximum atomic E-state index is 11.1. The van der Waals surface area contributed by atoms with Crippen LogP contribution >= 0.6 is 0 Å². The Labute approximate surface area is 101 Å². The molecule has 5 heteroatoms. The molecule has 1 aromatic heterocycles. The van der Waals surface area contributed by atoms with Gasteiger partial charge in [0.25, 0.3) is 0 Å². The summed E-state index contributed by atoms with van der Waals surface area (Å²) in [6.45, 7) is 5.58. The molecule has 0 amide bonds. The topological polar surface area (TPSA) is 58.4 Å². The summed E-state index contributed by atoms with van der Waals surface area (Å²) in [6, 6.07) is 2.21. The maximum absolute atomic E-state index is 11.1. The van der Waals surface area contributed by atoms with Crippen LogP contribution in [0.3, 0.4) is 0 Å². The predicted octanol–water partition coefficient (Wildman–Crippen LogP) is 1.13. The zero-order chi connectivity index (χ0) is 12.6. The van der Waals surface area contributed by atoms with E-state index in [0.29, 0.717) is 6.54 Å². The van der Waals surface area contributed by atoms with Crippen molar-refractivity contribution in [2.24, 2.45) is 18.9 Å². The van der Waals surface area contributed by atoms with Crippen LogP contribution in [-0.4, -0.2) is 38.8 Å². The minimum Gasteiger partial charge on any atom is -0.481 e. The molecule has 2 rings (SSSR count). The molecule has 0 spiro atoms. The summed E-state index contributed by atoms with van der Waals surface area (Å²) in [4.78, 5) is 13.3. The van der Waals surface area contributed by atoms with Gasteiger partial charge in [-0.3, -0.25) is 14.4 Å². The second-order valence-corrected chi connectivity index (χ2v) is 4.93. The van der Waals surface area contributed by atoms with Gasteiger partial charge in [-0.25, -0.2) is 0 Å². The third-order valence-corrected chi connectivity index (χ3v) is 3.79. The summed E-state index contributed by atoms with van der Waals surface area (Å²) < 4.78 is 1.85. The second kappa shape index (κ2) is 4.49. The van der Waals surface area contributed by atoms with Crippen molar-refractivity contribution in [1.29, 1.82) is 0 Å². The van der Waals surface area contributed by atoms with Crippen LogP contribution in [0.25, 0.3) is 0 Å². The number of carboxylic acid groups (broad SMARTS) is 1. The van der Waals surface area contributed by atoms with Gasteiger partial charge in [-0.05, 0) is 18.9 Å². The zero-order valence-corrected chi connectivity index (χ0v) is 10.5. The lowest BCUT2D eigenvalue weighted by molar-refractivity contribution is -0.142. The van der Waals surface area contributed by atoms with E-state index < -0.39 is 5.97 Å². The van der Waals surface area contributed by atoms with Gasteiger partial charge in [0.15, 0.2) is 0 Å². The molecule has 1 N–H and O–H groups in total. The van der Waals surface area contributed by atoms with Gasteiger partial charge in [-0.1, -0.05) is 6.92 Å². The molecule has 17 heavy (non-hydrogen) atoms. The van der Waals surface area contributed by atoms with E-state index in [2.05, 4.69) is 16.9 Å². The minimum atomic E-state index is -0.683. The molecular weight excluding hydrogens is 218 g/mol. The number of nitrogens with zero attached hydrogens (tertiary/aromatic N) is 3. The quantitative estimate of drug-likeness (QED) is 0.856. The van der Waals surface area contributed by atoms with E-state index >= 15 is 0 Å². The molecule has 2 heterocycles. The van der Waals surface area contributed by atoms with Crippen LogP contribution in [0, 0.1) is 11.8 Å². The lowest BCUT2D eigenvalue weighted by atomic mass is 9.99. The first-order chi connectivity index (χ1) is 8.00. The monoisotopic (exact) mass is 237 g/mol. The largest absolute Gasteiger partial charge is 0.481 e. The molecule has 1 saturated heterocycles. The fourth-order valence-electron chi connectivity index (χ4n) is 2.62. The summed E-state index contributed by atoms with van der Waals surface area (Å²) in [5.41, 5.74) is 1.13. The number of carbonyl (C=O) groups is 1. The molecular formula is C12H19N3O2. The van der Waals surface area contributed by atoms with Gasteiger partial charge in [0.1, 0.15) is 0 Å². The summed E-state index contributed by atoms with van der Waals surface area (Å²) in [7, 11) is 1.92. The molecule has 3 atom stereocenters. The van der Waals surface area contributed by atoms with Gasteiger partial charge in [0, 0.05) is 32.4 Å².